The van der Waals surface area contributed by atoms with E-state index in [-0.39, 0.29) is 11.6 Å². The van der Waals surface area contributed by atoms with Gasteiger partial charge in [0.2, 0.25) is 0 Å². The van der Waals surface area contributed by atoms with Crippen LogP contribution in [0.1, 0.15) is 40.6 Å². The Labute approximate surface area is 116 Å². The molecule has 0 radical (unpaired) electrons. The third kappa shape index (κ3) is 3.08. The maximum absolute atomic E-state index is 12.0. The lowest BCUT2D eigenvalue weighted by molar-refractivity contribution is 0.564. The fraction of sp³-hybridized carbons (Fsp3) is 0.462. The summed E-state index contributed by atoms with van der Waals surface area (Å²) in [6.45, 7) is 8.34. The lowest BCUT2D eigenvalue weighted by Crippen LogP contribution is -2.27. The first-order valence-corrected chi connectivity index (χ1v) is 7.06. The van der Waals surface area contributed by atoms with Crippen molar-refractivity contribution >= 4 is 11.3 Å². The minimum Gasteiger partial charge on any atom is -0.310 e. The number of hydrogen-bond acceptors (Lipinski definition) is 5. The number of nitrogens with one attached hydrogen (secondary N) is 2. The molecular formula is C13H18N4OS. The predicted molar refractivity (Wildman–Crippen MR) is 76.4 cm³/mol. The van der Waals surface area contributed by atoms with Crippen molar-refractivity contribution in [3.63, 3.8) is 0 Å². The Balaban J connectivity index is 2.15. The van der Waals surface area contributed by atoms with Gasteiger partial charge >= 0.3 is 0 Å². The molecule has 0 spiro atoms. The van der Waals surface area contributed by atoms with E-state index < -0.39 is 0 Å². The minimum absolute atomic E-state index is 0.0432. The molecule has 0 aliphatic carbocycles. The fourth-order valence-corrected chi connectivity index (χ4v) is 2.82. The molecule has 0 aliphatic heterocycles. The van der Waals surface area contributed by atoms with Crippen LogP contribution in [0.3, 0.4) is 0 Å². The van der Waals surface area contributed by atoms with Crippen molar-refractivity contribution < 1.29 is 0 Å². The summed E-state index contributed by atoms with van der Waals surface area (Å²) >= 11 is 1.62. The summed E-state index contributed by atoms with van der Waals surface area (Å²) in [7, 11) is 0. The highest BCUT2D eigenvalue weighted by Gasteiger charge is 2.14. The summed E-state index contributed by atoms with van der Waals surface area (Å²) in [6.07, 6.45) is 0. The normalized spacial score (nSPS) is 12.6. The first-order chi connectivity index (χ1) is 8.99. The largest absolute Gasteiger partial charge is 0.310 e. The molecule has 0 aliphatic rings. The minimum atomic E-state index is -0.0639. The van der Waals surface area contributed by atoms with Gasteiger partial charge in [-0.25, -0.2) is 9.97 Å². The second-order valence-electron chi connectivity index (χ2n) is 4.61. The molecule has 2 N–H and O–H groups in total. The van der Waals surface area contributed by atoms with Gasteiger partial charge in [0.25, 0.3) is 5.56 Å². The zero-order chi connectivity index (χ0) is 14.0. The molecule has 2 rings (SSSR count). The van der Waals surface area contributed by atoms with Gasteiger partial charge in [0.05, 0.1) is 16.8 Å². The van der Waals surface area contributed by atoms with Crippen LogP contribution >= 0.6 is 11.3 Å². The second-order valence-corrected chi connectivity index (χ2v) is 5.55. The number of aromatic amines is 1. The van der Waals surface area contributed by atoms with Crippen LogP contribution in [0.4, 0.5) is 0 Å². The van der Waals surface area contributed by atoms with Crippen LogP contribution in [0.5, 0.6) is 0 Å². The number of hydrogen-bond donors (Lipinski definition) is 2. The maximum Gasteiger partial charge on any atom is 0.255 e. The Hall–Kier alpha value is -1.53. The molecular weight excluding hydrogens is 260 g/mol. The Morgan fingerprint density at radius 2 is 2.11 bits per heavy atom. The SMILES string of the molecule is Cc1nc(C)c(C(C)NCc2scnc2C)c(=O)[nH]1. The number of aromatic nitrogens is 3. The van der Waals surface area contributed by atoms with Crippen molar-refractivity contribution in [2.24, 2.45) is 0 Å². The van der Waals surface area contributed by atoms with Crippen LogP contribution < -0.4 is 10.9 Å². The van der Waals surface area contributed by atoms with Crippen LogP contribution in [0.15, 0.2) is 10.3 Å². The molecule has 5 nitrogen and oxygen atoms in total. The van der Waals surface area contributed by atoms with E-state index in [1.54, 1.807) is 18.3 Å². The highest BCUT2D eigenvalue weighted by molar-refractivity contribution is 7.09. The van der Waals surface area contributed by atoms with Gasteiger partial charge in [0, 0.05) is 23.2 Å². The van der Waals surface area contributed by atoms with Crippen molar-refractivity contribution in [2.45, 2.75) is 40.3 Å². The van der Waals surface area contributed by atoms with Crippen LogP contribution in [-0.2, 0) is 6.54 Å². The summed E-state index contributed by atoms with van der Waals surface area (Å²) < 4.78 is 0. The molecule has 0 bridgehead atoms. The van der Waals surface area contributed by atoms with Gasteiger partial charge in [-0.15, -0.1) is 11.3 Å². The quantitative estimate of drug-likeness (QED) is 0.897. The van der Waals surface area contributed by atoms with E-state index in [9.17, 15) is 4.79 Å². The fourth-order valence-electron chi connectivity index (χ4n) is 2.09. The third-order valence-corrected chi connectivity index (χ3v) is 4.05. The molecule has 0 amide bonds. The van der Waals surface area contributed by atoms with Gasteiger partial charge < -0.3 is 10.3 Å². The topological polar surface area (TPSA) is 70.7 Å². The molecule has 102 valence electrons. The summed E-state index contributed by atoms with van der Waals surface area (Å²) in [5.41, 5.74) is 4.29. The molecule has 6 heteroatoms. The molecule has 1 unspecified atom stereocenters. The van der Waals surface area contributed by atoms with Crippen LogP contribution in [0.2, 0.25) is 0 Å². The maximum atomic E-state index is 12.0. The van der Waals surface area contributed by atoms with Crippen LogP contribution in [0, 0.1) is 20.8 Å². The third-order valence-electron chi connectivity index (χ3n) is 3.11. The summed E-state index contributed by atoms with van der Waals surface area (Å²) in [6, 6.07) is -0.0432. The predicted octanol–water partition coefficient (Wildman–Crippen LogP) is 2.00. The van der Waals surface area contributed by atoms with E-state index >= 15 is 0 Å². The first-order valence-electron chi connectivity index (χ1n) is 6.18. The van der Waals surface area contributed by atoms with Crippen molar-refractivity contribution in [3.8, 4) is 0 Å². The van der Waals surface area contributed by atoms with E-state index in [1.807, 2.05) is 26.3 Å². The van der Waals surface area contributed by atoms with Crippen molar-refractivity contribution in [2.75, 3.05) is 0 Å². The van der Waals surface area contributed by atoms with E-state index in [4.69, 9.17) is 0 Å². The molecule has 19 heavy (non-hydrogen) atoms. The summed E-state index contributed by atoms with van der Waals surface area (Å²) in [4.78, 5) is 24.5. The van der Waals surface area contributed by atoms with Gasteiger partial charge in [0.15, 0.2) is 0 Å². The average Bonchev–Trinajstić information content (AvgIpc) is 2.70. The van der Waals surface area contributed by atoms with Gasteiger partial charge in [-0.2, -0.15) is 0 Å². The number of nitrogens with zero attached hydrogens (tertiary/aromatic N) is 2. The van der Waals surface area contributed by atoms with E-state index in [1.165, 1.54) is 4.88 Å². The van der Waals surface area contributed by atoms with Crippen molar-refractivity contribution in [1.29, 1.82) is 0 Å². The standard InChI is InChI=1S/C13H18N4OS/c1-7-11(19-6-15-7)5-14-8(2)12-9(3)16-10(4)17-13(12)18/h6,8,14H,5H2,1-4H3,(H,16,17,18). The lowest BCUT2D eigenvalue weighted by atomic mass is 10.1. The molecule has 0 saturated heterocycles. The molecule has 0 saturated carbocycles. The lowest BCUT2D eigenvalue weighted by Gasteiger charge is -2.15. The number of aryl methyl sites for hydroxylation is 3. The summed E-state index contributed by atoms with van der Waals surface area (Å²) in [5.74, 6) is 0.650. The number of thiazole rings is 1. The molecule has 2 aromatic rings. The van der Waals surface area contributed by atoms with Crippen molar-refractivity contribution in [1.82, 2.24) is 20.3 Å². The Morgan fingerprint density at radius 3 is 2.68 bits per heavy atom. The van der Waals surface area contributed by atoms with Gasteiger partial charge in [-0.05, 0) is 27.7 Å². The molecule has 0 aromatic carbocycles. The Kier molecular flexibility index (Phi) is 4.11. The average molecular weight is 278 g/mol. The highest BCUT2D eigenvalue weighted by Crippen LogP contribution is 2.15. The molecule has 2 heterocycles. The Morgan fingerprint density at radius 1 is 1.37 bits per heavy atom. The molecule has 1 atom stereocenters. The van der Waals surface area contributed by atoms with E-state index in [0.29, 0.717) is 17.9 Å². The highest BCUT2D eigenvalue weighted by atomic mass is 32.1. The smallest absolute Gasteiger partial charge is 0.255 e. The number of H-pyrrole nitrogens is 1. The van der Waals surface area contributed by atoms with E-state index in [0.717, 1.165) is 11.4 Å². The number of rotatable bonds is 4. The molecule has 2 aromatic heterocycles. The second kappa shape index (κ2) is 5.63. The zero-order valence-corrected chi connectivity index (χ0v) is 12.4. The van der Waals surface area contributed by atoms with E-state index in [2.05, 4.69) is 20.3 Å². The van der Waals surface area contributed by atoms with Gasteiger partial charge in [-0.3, -0.25) is 4.79 Å². The molecule has 0 fully saturated rings. The monoisotopic (exact) mass is 278 g/mol. The van der Waals surface area contributed by atoms with Crippen LogP contribution in [0.25, 0.3) is 0 Å². The van der Waals surface area contributed by atoms with Gasteiger partial charge in [0.1, 0.15) is 5.82 Å². The summed E-state index contributed by atoms with van der Waals surface area (Å²) in [5, 5.41) is 3.35. The van der Waals surface area contributed by atoms with Crippen LogP contribution in [-0.4, -0.2) is 15.0 Å². The van der Waals surface area contributed by atoms with Crippen molar-refractivity contribution in [3.05, 3.63) is 43.5 Å². The zero-order valence-electron chi connectivity index (χ0n) is 11.6. The first kappa shape index (κ1) is 13.9. The van der Waals surface area contributed by atoms with Gasteiger partial charge in [-0.1, -0.05) is 0 Å². The Bertz CT molecular complexity index is 632.